The first kappa shape index (κ1) is 22.9. The lowest BCUT2D eigenvalue weighted by Crippen LogP contribution is -2.32. The van der Waals surface area contributed by atoms with Crippen LogP contribution in [-0.2, 0) is 17.9 Å². The number of fused-ring (bicyclic) bond motifs is 2. The molecule has 0 unspecified atom stereocenters. The number of aromatic hydroxyl groups is 1. The molecular formula is C23H20N4O6S2. The Morgan fingerprint density at radius 3 is 2.60 bits per heavy atom. The van der Waals surface area contributed by atoms with Crippen LogP contribution in [0.5, 0.6) is 5.75 Å². The van der Waals surface area contributed by atoms with Gasteiger partial charge in [-0.3, -0.25) is 13.9 Å². The lowest BCUT2D eigenvalue weighted by atomic mass is 10.1. The fourth-order valence-corrected chi connectivity index (χ4v) is 6.60. The predicted molar refractivity (Wildman–Crippen MR) is 135 cm³/mol. The molecule has 3 heterocycles. The topological polar surface area (TPSA) is 159 Å². The van der Waals surface area contributed by atoms with Crippen LogP contribution in [0, 0.1) is 0 Å². The monoisotopic (exact) mass is 512 g/mol. The van der Waals surface area contributed by atoms with Crippen LogP contribution in [0.1, 0.15) is 16.7 Å². The maximum atomic E-state index is 13.7. The summed E-state index contributed by atoms with van der Waals surface area (Å²) in [5, 5.41) is 16.3. The van der Waals surface area contributed by atoms with Gasteiger partial charge in [-0.2, -0.15) is 0 Å². The fraction of sp³-hybridized carbons (Fsp3) is 0.0870. The number of benzene rings is 2. The summed E-state index contributed by atoms with van der Waals surface area (Å²) < 4.78 is 32.0. The molecule has 1 aliphatic heterocycles. The first-order valence-electron chi connectivity index (χ1n) is 10.3. The quantitative estimate of drug-likeness (QED) is 0.266. The lowest BCUT2D eigenvalue weighted by Gasteiger charge is -2.33. The van der Waals surface area contributed by atoms with Gasteiger partial charge in [0.25, 0.3) is 5.56 Å². The molecule has 1 aliphatic rings. The zero-order chi connectivity index (χ0) is 24.7. The number of pyridine rings is 1. The molecule has 6 N–H and O–H groups in total. The van der Waals surface area contributed by atoms with Gasteiger partial charge in [0, 0.05) is 16.3 Å². The van der Waals surface area contributed by atoms with E-state index in [0.29, 0.717) is 21.5 Å². The van der Waals surface area contributed by atoms with Crippen LogP contribution in [0.25, 0.3) is 10.9 Å². The van der Waals surface area contributed by atoms with Gasteiger partial charge in [0.2, 0.25) is 0 Å². The number of primary amides is 1. The summed E-state index contributed by atoms with van der Waals surface area (Å²) in [7, 11) is -3.79. The van der Waals surface area contributed by atoms with Crippen LogP contribution < -0.4 is 16.6 Å². The van der Waals surface area contributed by atoms with Crippen LogP contribution in [-0.4, -0.2) is 30.7 Å². The Hall–Kier alpha value is -3.84. The fourth-order valence-electron chi connectivity index (χ4n) is 3.96. The van der Waals surface area contributed by atoms with Gasteiger partial charge in [-0.25, -0.2) is 4.79 Å². The molecule has 1 amide bonds. The average Bonchev–Trinajstić information content (AvgIpc) is 3.25. The molecule has 4 aromatic rings. The number of rotatable bonds is 5. The van der Waals surface area contributed by atoms with E-state index in [1.54, 1.807) is 29.6 Å². The Morgan fingerprint density at radius 1 is 1.14 bits per heavy atom. The number of nitrogens with zero attached hydrogens (tertiary/aromatic N) is 2. The Morgan fingerprint density at radius 2 is 1.86 bits per heavy atom. The van der Waals surface area contributed by atoms with Crippen molar-refractivity contribution >= 4 is 49.9 Å². The second kappa shape index (κ2) is 8.74. The van der Waals surface area contributed by atoms with Crippen LogP contribution in [0.2, 0.25) is 0 Å². The summed E-state index contributed by atoms with van der Waals surface area (Å²) in [4.78, 5) is 24.7. The van der Waals surface area contributed by atoms with Gasteiger partial charge in [-0.15, -0.1) is 15.7 Å². The minimum Gasteiger partial charge on any atom is -0.506 e. The minimum absolute atomic E-state index is 0.0531. The highest BCUT2D eigenvalue weighted by Crippen LogP contribution is 2.59. The van der Waals surface area contributed by atoms with Gasteiger partial charge in [0.05, 0.1) is 12.1 Å². The number of amidine groups is 1. The zero-order valence-corrected chi connectivity index (χ0v) is 19.7. The number of nitrogens with one attached hydrogen (secondary N) is 1. The summed E-state index contributed by atoms with van der Waals surface area (Å²) in [6.07, 6.45) is -1.01. The molecule has 0 bridgehead atoms. The summed E-state index contributed by atoms with van der Waals surface area (Å²) in [6.45, 7) is -0.0372. The number of para-hydroxylation sites is 1. The third-order valence-electron chi connectivity index (χ3n) is 5.48. The first-order chi connectivity index (χ1) is 16.8. The third kappa shape index (κ3) is 4.12. The standard InChI is InChI=1S/C23H20N4O6S2/c24-23(30)33-11-14-12-34-21-19(14)35(31,32)26-20(25-21)17-18(28)15-8-4-5-9-16(15)27(22(17)29)10-13-6-2-1-3-7-13/h1-9,12,28,31-32H,10-11H2,(H2,24,30)(H,25,26). The number of thiophene rings is 1. The molecule has 2 aromatic carbocycles. The van der Waals surface area contributed by atoms with E-state index in [0.717, 1.165) is 16.9 Å². The van der Waals surface area contributed by atoms with E-state index in [1.807, 2.05) is 30.3 Å². The van der Waals surface area contributed by atoms with Crippen molar-refractivity contribution < 1.29 is 23.7 Å². The smallest absolute Gasteiger partial charge is 0.404 e. The molecule has 180 valence electrons. The van der Waals surface area contributed by atoms with Crippen molar-refractivity contribution in [2.45, 2.75) is 18.0 Å². The SMILES string of the molecule is NC(=O)OCc1csc2c1S(O)(O)N=C(c1c(O)c3ccccc3n(Cc3ccccc3)c1=O)N2. The number of carbonyl (C=O) groups is 1. The molecule has 0 saturated heterocycles. The minimum atomic E-state index is -3.79. The van der Waals surface area contributed by atoms with Crippen molar-refractivity contribution in [3.05, 3.63) is 87.0 Å². The van der Waals surface area contributed by atoms with Gasteiger partial charge in [0.1, 0.15) is 27.8 Å². The molecule has 0 atom stereocenters. The van der Waals surface area contributed by atoms with Crippen LogP contribution in [0.4, 0.5) is 9.80 Å². The van der Waals surface area contributed by atoms with Crippen molar-refractivity contribution in [2.75, 3.05) is 5.32 Å². The van der Waals surface area contributed by atoms with Gasteiger partial charge in [-0.05, 0) is 17.7 Å². The highest BCUT2D eigenvalue weighted by atomic mass is 32.3. The highest BCUT2D eigenvalue weighted by Gasteiger charge is 2.34. The number of anilines is 1. The largest absolute Gasteiger partial charge is 0.506 e. The van der Waals surface area contributed by atoms with Crippen molar-refractivity contribution in [2.24, 2.45) is 10.1 Å². The van der Waals surface area contributed by atoms with Gasteiger partial charge in [-0.1, -0.05) is 53.2 Å². The van der Waals surface area contributed by atoms with Gasteiger partial charge < -0.3 is 25.5 Å². The Bertz CT molecular complexity index is 1550. The molecule has 35 heavy (non-hydrogen) atoms. The van der Waals surface area contributed by atoms with Crippen molar-refractivity contribution in [3.8, 4) is 5.75 Å². The summed E-state index contributed by atoms with van der Waals surface area (Å²) in [5.41, 5.74) is 5.99. The summed E-state index contributed by atoms with van der Waals surface area (Å²) in [6, 6.07) is 16.3. The van der Waals surface area contributed by atoms with Crippen LogP contribution >= 0.6 is 22.1 Å². The van der Waals surface area contributed by atoms with E-state index in [-0.39, 0.29) is 35.2 Å². The van der Waals surface area contributed by atoms with Gasteiger partial charge in [0.15, 0.2) is 5.84 Å². The van der Waals surface area contributed by atoms with E-state index in [4.69, 9.17) is 10.5 Å². The normalized spacial score (nSPS) is 15.1. The van der Waals surface area contributed by atoms with Gasteiger partial charge >= 0.3 is 6.09 Å². The number of nitrogens with two attached hydrogens (primary N) is 1. The number of ether oxygens (including phenoxy) is 1. The average molecular weight is 513 g/mol. The number of hydrogen-bond donors (Lipinski definition) is 5. The number of amides is 1. The molecule has 12 heteroatoms. The number of hydrogen-bond acceptors (Lipinski definition) is 9. The van der Waals surface area contributed by atoms with E-state index >= 15 is 0 Å². The third-order valence-corrected chi connectivity index (χ3v) is 8.00. The van der Waals surface area contributed by atoms with Crippen molar-refractivity contribution in [3.63, 3.8) is 0 Å². The Balaban J connectivity index is 1.65. The molecule has 0 aliphatic carbocycles. The molecule has 5 rings (SSSR count). The maximum absolute atomic E-state index is 13.7. The first-order valence-corrected chi connectivity index (χ1v) is 12.7. The zero-order valence-electron chi connectivity index (χ0n) is 18.0. The van der Waals surface area contributed by atoms with Crippen LogP contribution in [0.3, 0.4) is 0 Å². The second-order valence-electron chi connectivity index (χ2n) is 7.73. The van der Waals surface area contributed by atoms with E-state index in [1.165, 1.54) is 4.57 Å². The molecule has 0 radical (unpaired) electrons. The van der Waals surface area contributed by atoms with E-state index < -0.39 is 22.4 Å². The second-order valence-corrected chi connectivity index (χ2v) is 10.2. The number of carbonyl (C=O) groups excluding carboxylic acids is 1. The lowest BCUT2D eigenvalue weighted by molar-refractivity contribution is 0.149. The van der Waals surface area contributed by atoms with Crippen molar-refractivity contribution in [1.29, 1.82) is 0 Å². The Kier molecular flexibility index (Phi) is 5.73. The summed E-state index contributed by atoms with van der Waals surface area (Å²) in [5.74, 6) is -0.495. The predicted octanol–water partition coefficient (Wildman–Crippen LogP) is 4.31. The maximum Gasteiger partial charge on any atom is 0.404 e. The molecule has 2 aromatic heterocycles. The van der Waals surface area contributed by atoms with E-state index in [9.17, 15) is 23.8 Å². The van der Waals surface area contributed by atoms with Crippen LogP contribution in [0.15, 0.2) is 74.1 Å². The molecular weight excluding hydrogens is 492 g/mol. The molecule has 0 saturated carbocycles. The summed E-state index contributed by atoms with van der Waals surface area (Å²) >= 11 is 1.11. The molecule has 0 fully saturated rings. The molecule has 0 spiro atoms. The molecule has 10 nitrogen and oxygen atoms in total. The highest BCUT2D eigenvalue weighted by molar-refractivity contribution is 8.23. The van der Waals surface area contributed by atoms with E-state index in [2.05, 4.69) is 9.71 Å². The van der Waals surface area contributed by atoms with Crippen molar-refractivity contribution in [1.82, 2.24) is 4.57 Å². The number of aromatic nitrogens is 1. The Labute approximate surface area is 204 Å².